The van der Waals surface area contributed by atoms with Crippen LogP contribution < -0.4 is 14.8 Å². The fourth-order valence-corrected chi connectivity index (χ4v) is 2.41. The van der Waals surface area contributed by atoms with Crippen molar-refractivity contribution < 1.29 is 14.3 Å². The van der Waals surface area contributed by atoms with Crippen molar-refractivity contribution in [2.24, 2.45) is 0 Å². The van der Waals surface area contributed by atoms with E-state index >= 15 is 0 Å². The van der Waals surface area contributed by atoms with Gasteiger partial charge < -0.3 is 14.8 Å². The van der Waals surface area contributed by atoms with Gasteiger partial charge in [-0.3, -0.25) is 4.79 Å². The molecule has 0 heterocycles. The molecule has 0 aliphatic heterocycles. The Morgan fingerprint density at radius 1 is 1.09 bits per heavy atom. The first-order valence-corrected chi connectivity index (χ1v) is 7.63. The van der Waals surface area contributed by atoms with Crippen LogP contribution in [0.25, 0.3) is 0 Å². The summed E-state index contributed by atoms with van der Waals surface area (Å²) >= 11 is 0. The lowest BCUT2D eigenvalue weighted by atomic mass is 10.00. The summed E-state index contributed by atoms with van der Waals surface area (Å²) in [6, 6.07) is 13.3. The summed E-state index contributed by atoms with van der Waals surface area (Å²) < 4.78 is 10.6. The van der Waals surface area contributed by atoms with E-state index in [-0.39, 0.29) is 18.6 Å². The largest absolute Gasteiger partial charge is 0.497 e. The zero-order chi connectivity index (χ0) is 16.8. The van der Waals surface area contributed by atoms with Crippen LogP contribution in [-0.4, -0.2) is 19.6 Å². The second kappa shape index (κ2) is 7.68. The second-order valence-electron chi connectivity index (χ2n) is 5.61. The van der Waals surface area contributed by atoms with Gasteiger partial charge in [0.15, 0.2) is 6.61 Å². The maximum Gasteiger partial charge on any atom is 0.258 e. The first kappa shape index (κ1) is 16.9. The van der Waals surface area contributed by atoms with Gasteiger partial charge in [0.05, 0.1) is 13.2 Å². The third kappa shape index (κ3) is 4.74. The molecule has 4 heteroatoms. The highest BCUT2D eigenvalue weighted by Gasteiger charge is 2.12. The summed E-state index contributed by atoms with van der Waals surface area (Å²) in [7, 11) is 1.61. The molecule has 1 amide bonds. The van der Waals surface area contributed by atoms with Gasteiger partial charge in [0, 0.05) is 0 Å². The number of carbonyl (C=O) groups excluding carboxylic acids is 1. The van der Waals surface area contributed by atoms with Gasteiger partial charge in [-0.2, -0.15) is 0 Å². The van der Waals surface area contributed by atoms with Crippen LogP contribution in [0.15, 0.2) is 42.5 Å². The molecule has 2 aromatic carbocycles. The van der Waals surface area contributed by atoms with Gasteiger partial charge in [-0.15, -0.1) is 0 Å². The maximum atomic E-state index is 12.1. The Kier molecular flexibility index (Phi) is 5.63. The molecular formula is C19H23NO3. The van der Waals surface area contributed by atoms with Crippen LogP contribution in [0.2, 0.25) is 0 Å². The van der Waals surface area contributed by atoms with Crippen molar-refractivity contribution in [1.29, 1.82) is 0 Å². The summed E-state index contributed by atoms with van der Waals surface area (Å²) in [5, 5.41) is 2.97. The molecule has 0 saturated heterocycles. The third-order valence-electron chi connectivity index (χ3n) is 3.71. The van der Waals surface area contributed by atoms with Crippen molar-refractivity contribution in [3.8, 4) is 11.5 Å². The number of methoxy groups -OCH3 is 1. The van der Waals surface area contributed by atoms with Gasteiger partial charge in [-0.1, -0.05) is 23.8 Å². The van der Waals surface area contributed by atoms with Crippen molar-refractivity contribution >= 4 is 5.91 Å². The molecule has 0 aromatic heterocycles. The minimum absolute atomic E-state index is 0.0124. The lowest BCUT2D eigenvalue weighted by Gasteiger charge is -2.17. The Balaban J connectivity index is 1.89. The molecule has 1 atom stereocenters. The van der Waals surface area contributed by atoms with E-state index in [1.54, 1.807) is 31.4 Å². The summed E-state index contributed by atoms with van der Waals surface area (Å²) in [5.74, 6) is 1.25. The Labute approximate surface area is 137 Å². The number of rotatable bonds is 6. The van der Waals surface area contributed by atoms with Crippen LogP contribution >= 0.6 is 0 Å². The molecule has 0 aliphatic carbocycles. The molecule has 0 unspecified atom stereocenters. The Morgan fingerprint density at radius 3 is 2.39 bits per heavy atom. The van der Waals surface area contributed by atoms with Crippen molar-refractivity contribution in [2.75, 3.05) is 13.7 Å². The molecule has 122 valence electrons. The number of hydrogen-bond donors (Lipinski definition) is 1. The topological polar surface area (TPSA) is 47.6 Å². The van der Waals surface area contributed by atoms with Gasteiger partial charge in [0.25, 0.3) is 5.91 Å². The standard InChI is InChI=1S/C19H23NO3/c1-13-5-6-14(2)18(11-13)15(3)20-19(21)12-23-17-9-7-16(22-4)8-10-17/h5-11,15H,12H2,1-4H3,(H,20,21)/t15-/m0/s1. The lowest BCUT2D eigenvalue weighted by Crippen LogP contribution is -2.31. The number of ether oxygens (including phenoxy) is 2. The molecule has 0 bridgehead atoms. The maximum absolute atomic E-state index is 12.1. The number of carbonyl (C=O) groups is 1. The van der Waals surface area contributed by atoms with Crippen molar-refractivity contribution in [2.45, 2.75) is 26.8 Å². The predicted molar refractivity (Wildman–Crippen MR) is 91.0 cm³/mol. The molecule has 4 nitrogen and oxygen atoms in total. The summed E-state index contributed by atoms with van der Waals surface area (Å²) in [5.41, 5.74) is 3.48. The smallest absolute Gasteiger partial charge is 0.258 e. The lowest BCUT2D eigenvalue weighted by molar-refractivity contribution is -0.123. The fourth-order valence-electron chi connectivity index (χ4n) is 2.41. The molecule has 0 fully saturated rings. The molecule has 1 N–H and O–H groups in total. The minimum atomic E-state index is -0.144. The average molecular weight is 313 g/mol. The first-order valence-electron chi connectivity index (χ1n) is 7.63. The Bertz CT molecular complexity index is 665. The van der Waals surface area contributed by atoms with Gasteiger partial charge in [-0.05, 0) is 56.2 Å². The highest BCUT2D eigenvalue weighted by atomic mass is 16.5. The van der Waals surface area contributed by atoms with Gasteiger partial charge in [0.1, 0.15) is 11.5 Å². The monoisotopic (exact) mass is 313 g/mol. The SMILES string of the molecule is COc1ccc(OCC(=O)N[C@@H](C)c2cc(C)ccc2C)cc1. The summed E-state index contributed by atoms with van der Waals surface area (Å²) in [6.07, 6.45) is 0. The molecule has 2 rings (SSSR count). The number of nitrogens with one attached hydrogen (secondary N) is 1. The van der Waals surface area contributed by atoms with E-state index in [0.29, 0.717) is 5.75 Å². The van der Waals surface area contributed by atoms with Crippen LogP contribution in [0.1, 0.15) is 29.7 Å². The summed E-state index contributed by atoms with van der Waals surface area (Å²) in [4.78, 5) is 12.1. The van der Waals surface area contributed by atoms with Gasteiger partial charge in [-0.25, -0.2) is 0 Å². The Morgan fingerprint density at radius 2 is 1.74 bits per heavy atom. The number of amides is 1. The predicted octanol–water partition coefficient (Wildman–Crippen LogP) is 3.57. The zero-order valence-corrected chi connectivity index (χ0v) is 14.1. The van der Waals surface area contributed by atoms with Gasteiger partial charge in [0.2, 0.25) is 0 Å². The molecule has 0 radical (unpaired) electrons. The molecule has 2 aromatic rings. The second-order valence-corrected chi connectivity index (χ2v) is 5.61. The normalized spacial score (nSPS) is 11.7. The third-order valence-corrected chi connectivity index (χ3v) is 3.71. The van der Waals surface area contributed by atoms with Crippen LogP contribution in [0.4, 0.5) is 0 Å². The van der Waals surface area contributed by atoms with E-state index in [1.807, 2.05) is 20.8 Å². The van der Waals surface area contributed by atoms with E-state index in [1.165, 1.54) is 11.1 Å². The molecule has 0 aliphatic rings. The van der Waals surface area contributed by atoms with Crippen LogP contribution in [0.5, 0.6) is 11.5 Å². The van der Waals surface area contributed by atoms with Crippen molar-refractivity contribution in [3.63, 3.8) is 0 Å². The van der Waals surface area contributed by atoms with E-state index in [9.17, 15) is 4.79 Å². The average Bonchev–Trinajstić information content (AvgIpc) is 2.55. The van der Waals surface area contributed by atoms with E-state index < -0.39 is 0 Å². The van der Waals surface area contributed by atoms with Crippen LogP contribution in [0, 0.1) is 13.8 Å². The number of benzene rings is 2. The molecule has 23 heavy (non-hydrogen) atoms. The quantitative estimate of drug-likeness (QED) is 0.887. The Hall–Kier alpha value is -2.49. The highest BCUT2D eigenvalue weighted by Crippen LogP contribution is 2.19. The van der Waals surface area contributed by atoms with E-state index in [2.05, 4.69) is 23.5 Å². The molecular weight excluding hydrogens is 290 g/mol. The fraction of sp³-hybridized carbons (Fsp3) is 0.316. The van der Waals surface area contributed by atoms with E-state index in [4.69, 9.17) is 9.47 Å². The van der Waals surface area contributed by atoms with E-state index in [0.717, 1.165) is 11.3 Å². The zero-order valence-electron chi connectivity index (χ0n) is 14.1. The minimum Gasteiger partial charge on any atom is -0.497 e. The number of hydrogen-bond acceptors (Lipinski definition) is 3. The number of aryl methyl sites for hydroxylation is 2. The molecule has 0 saturated carbocycles. The van der Waals surface area contributed by atoms with Gasteiger partial charge >= 0.3 is 0 Å². The highest BCUT2D eigenvalue weighted by molar-refractivity contribution is 5.78. The first-order chi connectivity index (χ1) is 11.0. The summed E-state index contributed by atoms with van der Waals surface area (Å²) in [6.45, 7) is 6.06. The van der Waals surface area contributed by atoms with Crippen LogP contribution in [0.3, 0.4) is 0 Å². The van der Waals surface area contributed by atoms with Crippen molar-refractivity contribution in [3.05, 3.63) is 59.2 Å². The van der Waals surface area contributed by atoms with Crippen LogP contribution in [-0.2, 0) is 4.79 Å². The molecule has 0 spiro atoms. The van der Waals surface area contributed by atoms with Crippen molar-refractivity contribution in [1.82, 2.24) is 5.32 Å².